The van der Waals surface area contributed by atoms with Crippen LogP contribution in [0.25, 0.3) is 5.52 Å². The molecule has 6 heteroatoms. The van der Waals surface area contributed by atoms with Gasteiger partial charge in [-0.05, 0) is 15.9 Å². The predicted octanol–water partition coefficient (Wildman–Crippen LogP) is 0.469. The fourth-order valence-electron chi connectivity index (χ4n) is 0.811. The zero-order chi connectivity index (χ0) is 7.84. The lowest BCUT2D eigenvalue weighted by Gasteiger charge is -1.91. The summed E-state index contributed by atoms with van der Waals surface area (Å²) in [6.07, 6.45) is 1.36. The summed E-state index contributed by atoms with van der Waals surface area (Å²) in [6, 6.07) is 1.76. The van der Waals surface area contributed by atoms with E-state index in [1.165, 1.54) is 11.0 Å². The normalized spacial score (nSPS) is 10.6. The number of nitrogen functional groups attached to an aromatic ring is 1. The molecule has 0 radical (unpaired) electrons. The van der Waals surface area contributed by atoms with Gasteiger partial charge in [0.05, 0.1) is 0 Å². The van der Waals surface area contributed by atoms with Crippen molar-refractivity contribution in [1.29, 1.82) is 0 Å². The molecule has 0 saturated heterocycles. The lowest BCUT2D eigenvalue weighted by atomic mass is 10.5. The largest absolute Gasteiger partial charge is 0.382 e. The van der Waals surface area contributed by atoms with Gasteiger partial charge in [-0.1, -0.05) is 0 Å². The van der Waals surface area contributed by atoms with Gasteiger partial charge in [0.15, 0.2) is 5.82 Å². The molecule has 2 heterocycles. The van der Waals surface area contributed by atoms with E-state index in [9.17, 15) is 0 Å². The molecule has 0 bridgehead atoms. The van der Waals surface area contributed by atoms with E-state index < -0.39 is 0 Å². The van der Waals surface area contributed by atoms with Gasteiger partial charge in [-0.3, -0.25) is 0 Å². The average molecular weight is 214 g/mol. The molecular weight excluding hydrogens is 210 g/mol. The van der Waals surface area contributed by atoms with E-state index in [0.717, 1.165) is 0 Å². The molecule has 0 aliphatic heterocycles. The molecule has 56 valence electrons. The third-order valence-electron chi connectivity index (χ3n) is 1.28. The Morgan fingerprint density at radius 3 is 3.09 bits per heavy atom. The number of nitrogens with two attached hydrogens (primary N) is 1. The molecule has 0 aromatic carbocycles. The molecular formula is C5H4BrN5. The maximum Gasteiger partial charge on any atom is 0.153 e. The Labute approximate surface area is 70.4 Å². The Morgan fingerprint density at radius 1 is 1.55 bits per heavy atom. The summed E-state index contributed by atoms with van der Waals surface area (Å²) >= 11 is 3.20. The fraction of sp³-hybridized carbons (Fsp3) is 0. The number of hydrogen-bond donors (Lipinski definition) is 1. The average Bonchev–Trinajstić information content (AvgIpc) is 2.31. The highest BCUT2D eigenvalue weighted by Gasteiger charge is 2.02. The fourth-order valence-corrected chi connectivity index (χ4v) is 1.18. The molecule has 0 spiro atoms. The van der Waals surface area contributed by atoms with Gasteiger partial charge in [-0.15, -0.1) is 14.8 Å². The van der Waals surface area contributed by atoms with Crippen LogP contribution in [0.3, 0.4) is 0 Å². The van der Waals surface area contributed by atoms with Gasteiger partial charge in [0.2, 0.25) is 0 Å². The summed E-state index contributed by atoms with van der Waals surface area (Å²) in [5.41, 5.74) is 6.24. The molecule has 0 fully saturated rings. The van der Waals surface area contributed by atoms with Gasteiger partial charge >= 0.3 is 0 Å². The summed E-state index contributed by atoms with van der Waals surface area (Å²) in [7, 11) is 0. The lowest BCUT2D eigenvalue weighted by Crippen LogP contribution is -1.99. The number of hydrogen-bond acceptors (Lipinski definition) is 4. The highest BCUT2D eigenvalue weighted by Crippen LogP contribution is 2.13. The lowest BCUT2D eigenvalue weighted by molar-refractivity contribution is 0.777. The van der Waals surface area contributed by atoms with Crippen LogP contribution in [0.5, 0.6) is 0 Å². The molecule has 0 aliphatic carbocycles. The number of rotatable bonds is 0. The number of halogens is 1. The van der Waals surface area contributed by atoms with Crippen molar-refractivity contribution in [3.8, 4) is 0 Å². The molecule has 11 heavy (non-hydrogen) atoms. The first kappa shape index (κ1) is 6.53. The Bertz CT molecular complexity index is 395. The third kappa shape index (κ3) is 0.949. The second-order valence-corrected chi connectivity index (χ2v) is 2.80. The van der Waals surface area contributed by atoms with E-state index in [4.69, 9.17) is 5.73 Å². The van der Waals surface area contributed by atoms with Gasteiger partial charge in [0.25, 0.3) is 0 Å². The van der Waals surface area contributed by atoms with Crippen LogP contribution in [-0.4, -0.2) is 19.8 Å². The Hall–Kier alpha value is -1.17. The van der Waals surface area contributed by atoms with Crippen molar-refractivity contribution in [2.24, 2.45) is 0 Å². The van der Waals surface area contributed by atoms with E-state index in [0.29, 0.717) is 15.9 Å². The molecule has 0 unspecified atom stereocenters. The summed E-state index contributed by atoms with van der Waals surface area (Å²) in [4.78, 5) is 3.81. The predicted molar refractivity (Wildman–Crippen MR) is 42.9 cm³/mol. The summed E-state index contributed by atoms with van der Waals surface area (Å²) in [6.45, 7) is 0. The van der Waals surface area contributed by atoms with Crippen LogP contribution < -0.4 is 5.73 Å². The topological polar surface area (TPSA) is 69.1 Å². The smallest absolute Gasteiger partial charge is 0.153 e. The maximum atomic E-state index is 5.54. The van der Waals surface area contributed by atoms with E-state index in [1.807, 2.05) is 0 Å². The number of fused-ring (bicyclic) bond motifs is 1. The van der Waals surface area contributed by atoms with Crippen LogP contribution >= 0.6 is 15.9 Å². The number of nitrogens with zero attached hydrogens (tertiary/aromatic N) is 4. The first-order valence-electron chi connectivity index (χ1n) is 2.89. The van der Waals surface area contributed by atoms with Crippen LogP contribution in [-0.2, 0) is 0 Å². The molecule has 2 N–H and O–H groups in total. The Morgan fingerprint density at radius 2 is 2.36 bits per heavy atom. The highest BCUT2D eigenvalue weighted by molar-refractivity contribution is 9.10. The van der Waals surface area contributed by atoms with Gasteiger partial charge in [-0.25, -0.2) is 4.98 Å². The van der Waals surface area contributed by atoms with Crippen molar-refractivity contribution in [3.63, 3.8) is 0 Å². The molecule has 0 aliphatic rings. The zero-order valence-electron chi connectivity index (χ0n) is 5.40. The van der Waals surface area contributed by atoms with Gasteiger partial charge < -0.3 is 5.73 Å². The van der Waals surface area contributed by atoms with Gasteiger partial charge in [0.1, 0.15) is 16.4 Å². The van der Waals surface area contributed by atoms with Gasteiger partial charge in [-0.2, -0.15) is 0 Å². The molecule has 0 saturated carbocycles. The quantitative estimate of drug-likeness (QED) is 0.691. The van der Waals surface area contributed by atoms with Crippen LogP contribution in [0.4, 0.5) is 5.82 Å². The highest BCUT2D eigenvalue weighted by atomic mass is 79.9. The Balaban J connectivity index is 2.90. The minimum Gasteiger partial charge on any atom is -0.382 e. The van der Waals surface area contributed by atoms with Crippen molar-refractivity contribution >= 4 is 27.3 Å². The van der Waals surface area contributed by atoms with Crippen molar-refractivity contribution in [3.05, 3.63) is 17.0 Å². The molecule has 5 nitrogen and oxygen atoms in total. The Kier molecular flexibility index (Phi) is 1.28. The van der Waals surface area contributed by atoms with Crippen LogP contribution in [0.15, 0.2) is 17.0 Å². The SMILES string of the molecule is Nc1ncnn2nc(Br)cc12. The van der Waals surface area contributed by atoms with Crippen LogP contribution in [0.1, 0.15) is 0 Å². The molecule has 0 amide bonds. The van der Waals surface area contributed by atoms with Gasteiger partial charge in [0, 0.05) is 6.07 Å². The van der Waals surface area contributed by atoms with E-state index in [2.05, 4.69) is 31.1 Å². The molecule has 2 aromatic heterocycles. The van der Waals surface area contributed by atoms with E-state index >= 15 is 0 Å². The minimum absolute atomic E-state index is 0.429. The maximum absolute atomic E-state index is 5.54. The monoisotopic (exact) mass is 213 g/mol. The van der Waals surface area contributed by atoms with Crippen molar-refractivity contribution in [1.82, 2.24) is 19.8 Å². The van der Waals surface area contributed by atoms with E-state index in [-0.39, 0.29) is 0 Å². The van der Waals surface area contributed by atoms with Crippen LogP contribution in [0, 0.1) is 0 Å². The van der Waals surface area contributed by atoms with Crippen molar-refractivity contribution < 1.29 is 0 Å². The van der Waals surface area contributed by atoms with E-state index in [1.54, 1.807) is 6.07 Å². The molecule has 2 rings (SSSR count). The minimum atomic E-state index is 0.429. The molecule has 2 aromatic rings. The first-order valence-corrected chi connectivity index (χ1v) is 3.69. The second kappa shape index (κ2) is 2.16. The number of anilines is 1. The van der Waals surface area contributed by atoms with Crippen molar-refractivity contribution in [2.75, 3.05) is 5.73 Å². The van der Waals surface area contributed by atoms with Crippen LogP contribution in [0.2, 0.25) is 0 Å². The second-order valence-electron chi connectivity index (χ2n) is 1.99. The van der Waals surface area contributed by atoms with Crippen molar-refractivity contribution in [2.45, 2.75) is 0 Å². The number of aromatic nitrogens is 4. The third-order valence-corrected chi connectivity index (χ3v) is 1.67. The summed E-state index contributed by atoms with van der Waals surface area (Å²) < 4.78 is 2.12. The molecule has 0 atom stereocenters. The zero-order valence-corrected chi connectivity index (χ0v) is 6.98. The first-order chi connectivity index (χ1) is 5.27. The summed E-state index contributed by atoms with van der Waals surface area (Å²) in [5.74, 6) is 0.429. The standard InChI is InChI=1S/C5H4BrN5/c6-4-1-3-5(7)8-2-9-11(3)10-4/h1-2H,(H2,7,8,9). The summed E-state index contributed by atoms with van der Waals surface area (Å²) in [5, 5.41) is 7.82.